The van der Waals surface area contributed by atoms with Gasteiger partial charge in [0.15, 0.2) is 0 Å². The Hall–Kier alpha value is -5.34. The van der Waals surface area contributed by atoms with E-state index in [4.69, 9.17) is 9.97 Å². The van der Waals surface area contributed by atoms with Gasteiger partial charge < -0.3 is 20.2 Å². The molecule has 2 aromatic heterocycles. The summed E-state index contributed by atoms with van der Waals surface area (Å²) in [4.78, 5) is 58.8. The molecule has 56 heavy (non-hydrogen) atoms. The number of carboxylic acids is 2. The average molecular weight is 886 g/mol. The maximum atomic E-state index is 14.2. The van der Waals surface area contributed by atoms with Crippen molar-refractivity contribution in [3.8, 4) is 22.5 Å². The van der Waals surface area contributed by atoms with Crippen molar-refractivity contribution >= 4 is 63.8 Å². The first kappa shape index (κ1) is 40.3. The Morgan fingerprint density at radius 1 is 0.536 bits per heavy atom. The molecule has 2 aliphatic rings. The quantitative estimate of drug-likeness (QED) is 0.210. The molecule has 0 aliphatic carbocycles. The fraction of sp³-hybridized carbons (Fsp3) is 0.100. The van der Waals surface area contributed by atoms with Gasteiger partial charge in [-0.1, -0.05) is 72.8 Å². The number of nitrogens with zero attached hydrogens (tertiary/aromatic N) is 2. The Labute approximate surface area is 340 Å². The van der Waals surface area contributed by atoms with Crippen LogP contribution in [0.25, 0.3) is 43.1 Å². The van der Waals surface area contributed by atoms with Crippen LogP contribution in [0.15, 0.2) is 107 Å². The fourth-order valence-corrected chi connectivity index (χ4v) is 10.5. The zero-order valence-electron chi connectivity index (χ0n) is 28.5. The molecule has 2 N–H and O–H groups in total. The zero-order chi connectivity index (χ0) is 38.1. The van der Waals surface area contributed by atoms with Gasteiger partial charge in [-0.2, -0.15) is 0 Å². The summed E-state index contributed by atoms with van der Waals surface area (Å²) in [5, 5.41) is 18.1. The molecule has 290 valence electrons. The molecular formula is C40H26Cu2N2O10S2. The topological polar surface area (TPSA) is 205 Å². The molecule has 0 saturated heterocycles. The first-order chi connectivity index (χ1) is 25.8. The first-order valence-corrected chi connectivity index (χ1v) is 19.6. The van der Waals surface area contributed by atoms with Gasteiger partial charge in [-0.3, -0.25) is 19.2 Å². The second-order valence-electron chi connectivity index (χ2n) is 12.9. The molecule has 0 fully saturated rings. The number of fused-ring (bicyclic) bond motifs is 3. The molecule has 8 rings (SSSR count). The third kappa shape index (κ3) is 6.47. The predicted molar refractivity (Wildman–Crippen MR) is 195 cm³/mol. The Balaban J connectivity index is 0.00000266. The number of benzene rings is 4. The van der Waals surface area contributed by atoms with Gasteiger partial charge >= 0.3 is 46.1 Å². The minimum absolute atomic E-state index is 0. The summed E-state index contributed by atoms with van der Waals surface area (Å²) >= 11 is 0. The van der Waals surface area contributed by atoms with Crippen molar-refractivity contribution in [1.29, 1.82) is 0 Å². The number of ketones is 2. The molecule has 0 bridgehead atoms. The Morgan fingerprint density at radius 3 is 1.27 bits per heavy atom. The van der Waals surface area contributed by atoms with Crippen LogP contribution in [0.1, 0.15) is 44.7 Å². The van der Waals surface area contributed by atoms with Gasteiger partial charge in [0.25, 0.3) is 0 Å². The minimum atomic E-state index is -4.49. The van der Waals surface area contributed by atoms with Gasteiger partial charge in [-0.25, -0.2) is 16.8 Å². The number of Topliss-reactive ketones (excluding diaryl/α,β-unsaturated/α-hetero) is 2. The number of aryl methyl sites for hydroxylation is 2. The average Bonchev–Trinajstić information content (AvgIpc) is 3.83. The molecule has 0 atom stereocenters. The zero-order valence-corrected chi connectivity index (χ0v) is 32.1. The van der Waals surface area contributed by atoms with Crippen LogP contribution in [0.4, 0.5) is 0 Å². The molecule has 4 heterocycles. The first-order valence-electron chi connectivity index (χ1n) is 16.6. The maximum absolute atomic E-state index is 14.2. The summed E-state index contributed by atoms with van der Waals surface area (Å²) in [6.45, 7) is 0. The van der Waals surface area contributed by atoms with Gasteiger partial charge in [0.1, 0.15) is 9.81 Å². The van der Waals surface area contributed by atoms with Gasteiger partial charge in [0, 0.05) is 24.0 Å². The van der Waals surface area contributed by atoms with Gasteiger partial charge in [-0.15, -0.1) is 22.1 Å². The van der Waals surface area contributed by atoms with E-state index < -0.39 is 53.0 Å². The fourth-order valence-electron chi connectivity index (χ4n) is 7.10. The monoisotopic (exact) mass is 884 g/mol. The molecule has 0 unspecified atom stereocenters. The largest absolute Gasteiger partial charge is 1.00 e. The Morgan fingerprint density at radius 2 is 0.911 bits per heavy atom. The van der Waals surface area contributed by atoms with Crippen LogP contribution in [-0.4, -0.2) is 50.6 Å². The van der Waals surface area contributed by atoms with E-state index >= 15 is 0 Å². The van der Waals surface area contributed by atoms with Crippen molar-refractivity contribution in [1.82, 2.24) is 9.97 Å². The molecular weight excluding hydrogens is 860 g/mol. The van der Waals surface area contributed by atoms with Gasteiger partial charge in [0.2, 0.25) is 31.2 Å². The molecule has 0 amide bonds. The van der Waals surface area contributed by atoms with E-state index in [2.05, 4.69) is 0 Å². The molecule has 6 aromatic rings. The number of rotatable bonds is 8. The van der Waals surface area contributed by atoms with Crippen molar-refractivity contribution < 1.29 is 80.4 Å². The predicted octanol–water partition coefficient (Wildman–Crippen LogP) is 3.67. The van der Waals surface area contributed by atoms with E-state index in [1.807, 2.05) is 0 Å². The van der Waals surface area contributed by atoms with E-state index in [-0.39, 0.29) is 114 Å². The van der Waals surface area contributed by atoms with Crippen LogP contribution in [0.3, 0.4) is 0 Å². The van der Waals surface area contributed by atoms with Crippen molar-refractivity contribution in [3.05, 3.63) is 130 Å². The van der Waals surface area contributed by atoms with E-state index in [0.29, 0.717) is 22.3 Å². The normalized spacial score (nSPS) is 16.9. The van der Waals surface area contributed by atoms with Crippen LogP contribution < -0.4 is 20.7 Å². The van der Waals surface area contributed by atoms with Crippen LogP contribution in [0.5, 0.6) is 0 Å². The minimum Gasteiger partial charge on any atom is -0.655 e. The maximum Gasteiger partial charge on any atom is 1.00 e. The van der Waals surface area contributed by atoms with Crippen molar-refractivity contribution in [2.45, 2.75) is 35.5 Å². The standard InChI is InChI=1S/C40H28N2O10S2.2Cu/c43-29(44)17-15-21-7-5-9-23(19-21)33-31-32(36(42-33)40-38(48)26-12-2-4-14-28(26)54(40,51)52)34(24-10-6-8-22(20-24)16-18-30(45)46)41-35(31)39-37(47)25-11-1-3-13-27(25)53(39,49)50;;/h1-14,19-20H,15-18H2,(H4,41,42,43,44,45,46,47,48);;/q;2*+1/p-2. The van der Waals surface area contributed by atoms with Crippen molar-refractivity contribution in [3.63, 3.8) is 0 Å². The molecule has 0 radical (unpaired) electrons. The van der Waals surface area contributed by atoms with Crippen molar-refractivity contribution in [2.75, 3.05) is 0 Å². The third-order valence-corrected chi connectivity index (χ3v) is 13.2. The van der Waals surface area contributed by atoms with E-state index in [1.54, 1.807) is 48.5 Å². The van der Waals surface area contributed by atoms with Crippen LogP contribution in [0.2, 0.25) is 0 Å². The third-order valence-electron chi connectivity index (χ3n) is 9.52. The summed E-state index contributed by atoms with van der Waals surface area (Å²) in [6, 6.07) is 24.6. The molecule has 4 aromatic carbocycles. The van der Waals surface area contributed by atoms with Crippen LogP contribution in [-0.2, 0) is 76.2 Å². The Kier molecular flexibility index (Phi) is 10.8. The van der Waals surface area contributed by atoms with Crippen LogP contribution >= 0.6 is 0 Å². The van der Waals surface area contributed by atoms with Crippen LogP contribution in [0, 0.1) is 0 Å². The van der Waals surface area contributed by atoms with Gasteiger partial charge in [-0.05, 0) is 70.1 Å². The number of aliphatic carboxylic acids is 2. The molecule has 2 aliphatic heterocycles. The summed E-state index contributed by atoms with van der Waals surface area (Å²) < 4.78 is 56.9. The van der Waals surface area contributed by atoms with E-state index in [1.165, 1.54) is 48.5 Å². The molecule has 0 saturated carbocycles. The molecule has 12 nitrogen and oxygen atoms in total. The second-order valence-corrected chi connectivity index (χ2v) is 16.6. The number of carboxylic acid groups (broad SMARTS) is 2. The van der Waals surface area contributed by atoms with E-state index in [0.717, 1.165) is 0 Å². The van der Waals surface area contributed by atoms with Gasteiger partial charge in [0.05, 0.1) is 9.79 Å². The number of hydrogen-bond donors (Lipinski definition) is 2. The number of hydrogen-bond acceptors (Lipinski definition) is 8. The Bertz CT molecular complexity index is 2830. The summed E-state index contributed by atoms with van der Waals surface area (Å²) in [7, 11) is -8.99. The summed E-state index contributed by atoms with van der Waals surface area (Å²) in [5.74, 6) is -3.73. The number of carbonyl (C=O) groups excluding carboxylic acids is 2. The molecule has 0 spiro atoms. The molecule has 16 heteroatoms. The smallest absolute Gasteiger partial charge is 0.655 e. The summed E-state index contributed by atoms with van der Waals surface area (Å²) in [5.41, 5.74) is 1.70. The number of carbonyl (C=O) groups is 4. The summed E-state index contributed by atoms with van der Waals surface area (Å²) in [6.07, 6.45) is -0.148. The van der Waals surface area contributed by atoms with Crippen molar-refractivity contribution in [2.24, 2.45) is 0 Å². The number of sulfone groups is 2. The second kappa shape index (κ2) is 15.0. The van der Waals surface area contributed by atoms with E-state index in [9.17, 15) is 46.2 Å². The number of aromatic nitrogens is 2. The SMILES string of the molecule is O=C(O)CCc1cccc(-c2[n-]/c(=C3\C(=O)c4ccccc4S3(=O)=O)c3c(-c4cccc(CCC(=O)O)c4)[n-]/c(=C4\C(=O)c5ccccc5S4(=O)=O)c23)c1.[Cu+].[Cu+].